The first-order valence-corrected chi connectivity index (χ1v) is 6.49. The summed E-state index contributed by atoms with van der Waals surface area (Å²) < 4.78 is 5.54. The van der Waals surface area contributed by atoms with Gasteiger partial charge in [-0.05, 0) is 25.1 Å². The number of nitrogens with one attached hydrogen (secondary N) is 1. The topological polar surface area (TPSA) is 64.3 Å². The van der Waals surface area contributed by atoms with Crippen LogP contribution in [-0.4, -0.2) is 12.5 Å². The summed E-state index contributed by atoms with van der Waals surface area (Å²) in [6.07, 6.45) is 0. The molecular formula is C16H18N2O2. The summed E-state index contributed by atoms with van der Waals surface area (Å²) in [6.45, 7) is 1.84. The molecule has 3 N–H and O–H groups in total. The summed E-state index contributed by atoms with van der Waals surface area (Å²) in [6, 6.07) is 16.6. The predicted molar refractivity (Wildman–Crippen MR) is 79.6 cm³/mol. The average molecular weight is 270 g/mol. The summed E-state index contributed by atoms with van der Waals surface area (Å²) in [5, 5.41) is 2.77. The first kappa shape index (κ1) is 14.1. The lowest BCUT2D eigenvalue weighted by atomic mass is 10.1. The zero-order chi connectivity index (χ0) is 14.4. The molecule has 0 aliphatic rings. The Hall–Kier alpha value is -2.33. The molecule has 1 unspecified atom stereocenters. The summed E-state index contributed by atoms with van der Waals surface area (Å²) in [4.78, 5) is 11.8. The molecule has 104 valence electrons. The molecule has 2 rings (SSSR count). The van der Waals surface area contributed by atoms with Crippen molar-refractivity contribution >= 4 is 11.6 Å². The van der Waals surface area contributed by atoms with E-state index in [2.05, 4.69) is 5.32 Å². The number of benzene rings is 2. The Morgan fingerprint density at radius 1 is 1.15 bits per heavy atom. The number of ether oxygens (including phenoxy) is 1. The van der Waals surface area contributed by atoms with Crippen LogP contribution in [0.15, 0.2) is 54.6 Å². The highest BCUT2D eigenvalue weighted by molar-refractivity contribution is 5.91. The maximum atomic E-state index is 11.8. The van der Waals surface area contributed by atoms with Crippen LogP contribution in [0.25, 0.3) is 0 Å². The molecule has 2 aromatic carbocycles. The average Bonchev–Trinajstić information content (AvgIpc) is 2.46. The van der Waals surface area contributed by atoms with E-state index in [1.807, 2.05) is 61.5 Å². The van der Waals surface area contributed by atoms with Gasteiger partial charge in [0.2, 0.25) is 0 Å². The molecule has 0 fully saturated rings. The number of hydrogen-bond acceptors (Lipinski definition) is 3. The molecule has 4 nitrogen and oxygen atoms in total. The molecule has 0 bridgehead atoms. The largest absolute Gasteiger partial charge is 0.483 e. The molecule has 0 aromatic heterocycles. The van der Waals surface area contributed by atoms with Crippen molar-refractivity contribution in [2.24, 2.45) is 5.73 Å². The molecule has 0 saturated carbocycles. The van der Waals surface area contributed by atoms with Crippen molar-refractivity contribution in [3.8, 4) is 5.75 Å². The van der Waals surface area contributed by atoms with E-state index < -0.39 is 0 Å². The SMILES string of the molecule is CC(N)c1ccccc1OCC(=O)Nc1ccccc1. The van der Waals surface area contributed by atoms with Gasteiger partial charge in [0.1, 0.15) is 5.75 Å². The van der Waals surface area contributed by atoms with Gasteiger partial charge in [0, 0.05) is 17.3 Å². The number of carbonyl (C=O) groups excluding carboxylic acids is 1. The molecule has 0 aliphatic heterocycles. The third-order valence-corrected chi connectivity index (χ3v) is 2.83. The van der Waals surface area contributed by atoms with Gasteiger partial charge in [-0.15, -0.1) is 0 Å². The Bertz CT molecular complexity index is 568. The van der Waals surface area contributed by atoms with E-state index in [4.69, 9.17) is 10.5 Å². The van der Waals surface area contributed by atoms with Crippen molar-refractivity contribution in [3.63, 3.8) is 0 Å². The Morgan fingerprint density at radius 2 is 1.80 bits per heavy atom. The number of amides is 1. The first-order valence-electron chi connectivity index (χ1n) is 6.49. The zero-order valence-corrected chi connectivity index (χ0v) is 11.4. The van der Waals surface area contributed by atoms with Crippen LogP contribution in [0.1, 0.15) is 18.5 Å². The van der Waals surface area contributed by atoms with Crippen molar-refractivity contribution in [1.82, 2.24) is 0 Å². The van der Waals surface area contributed by atoms with Crippen LogP contribution in [0.4, 0.5) is 5.69 Å². The minimum Gasteiger partial charge on any atom is -0.483 e. The van der Waals surface area contributed by atoms with E-state index in [1.54, 1.807) is 0 Å². The van der Waals surface area contributed by atoms with Crippen LogP contribution < -0.4 is 15.8 Å². The van der Waals surface area contributed by atoms with E-state index in [0.29, 0.717) is 5.75 Å². The van der Waals surface area contributed by atoms with Crippen LogP contribution in [0.3, 0.4) is 0 Å². The summed E-state index contributed by atoms with van der Waals surface area (Å²) in [7, 11) is 0. The standard InChI is InChI=1S/C16H18N2O2/c1-12(17)14-9-5-6-10-15(14)20-11-16(19)18-13-7-3-2-4-8-13/h2-10,12H,11,17H2,1H3,(H,18,19). The monoisotopic (exact) mass is 270 g/mol. The fraction of sp³-hybridized carbons (Fsp3) is 0.188. The minimum atomic E-state index is -0.198. The van der Waals surface area contributed by atoms with E-state index in [9.17, 15) is 4.79 Å². The molecule has 4 heteroatoms. The molecule has 1 atom stereocenters. The summed E-state index contributed by atoms with van der Waals surface area (Å²) >= 11 is 0. The van der Waals surface area contributed by atoms with Gasteiger partial charge in [-0.25, -0.2) is 0 Å². The Kier molecular flexibility index (Phi) is 4.74. The third-order valence-electron chi connectivity index (χ3n) is 2.83. The lowest BCUT2D eigenvalue weighted by Crippen LogP contribution is -2.21. The predicted octanol–water partition coefficient (Wildman–Crippen LogP) is 2.72. The number of carbonyl (C=O) groups is 1. The van der Waals surface area contributed by atoms with E-state index in [0.717, 1.165) is 11.3 Å². The fourth-order valence-electron chi connectivity index (χ4n) is 1.85. The van der Waals surface area contributed by atoms with Gasteiger partial charge >= 0.3 is 0 Å². The van der Waals surface area contributed by atoms with Gasteiger partial charge in [-0.2, -0.15) is 0 Å². The molecule has 0 spiro atoms. The van der Waals surface area contributed by atoms with Crippen molar-refractivity contribution in [1.29, 1.82) is 0 Å². The quantitative estimate of drug-likeness (QED) is 0.878. The number of nitrogens with two attached hydrogens (primary N) is 1. The van der Waals surface area contributed by atoms with Crippen LogP contribution in [0.5, 0.6) is 5.75 Å². The number of anilines is 1. The van der Waals surface area contributed by atoms with Crippen LogP contribution in [0.2, 0.25) is 0 Å². The van der Waals surface area contributed by atoms with Gasteiger partial charge in [-0.1, -0.05) is 36.4 Å². The molecular weight excluding hydrogens is 252 g/mol. The molecule has 0 aliphatic carbocycles. The Morgan fingerprint density at radius 3 is 2.50 bits per heavy atom. The normalized spacial score (nSPS) is 11.7. The lowest BCUT2D eigenvalue weighted by molar-refractivity contribution is -0.118. The van der Waals surface area contributed by atoms with E-state index in [1.165, 1.54) is 0 Å². The summed E-state index contributed by atoms with van der Waals surface area (Å²) in [5.41, 5.74) is 7.50. The highest BCUT2D eigenvalue weighted by Crippen LogP contribution is 2.23. The van der Waals surface area contributed by atoms with Crippen molar-refractivity contribution in [2.45, 2.75) is 13.0 Å². The van der Waals surface area contributed by atoms with Gasteiger partial charge in [0.25, 0.3) is 5.91 Å². The van der Waals surface area contributed by atoms with E-state index in [-0.39, 0.29) is 18.6 Å². The number of para-hydroxylation sites is 2. The lowest BCUT2D eigenvalue weighted by Gasteiger charge is -2.13. The maximum Gasteiger partial charge on any atom is 0.262 e. The highest BCUT2D eigenvalue weighted by atomic mass is 16.5. The van der Waals surface area contributed by atoms with Crippen LogP contribution >= 0.6 is 0 Å². The molecule has 1 amide bonds. The molecule has 2 aromatic rings. The summed E-state index contributed by atoms with van der Waals surface area (Å²) in [5.74, 6) is 0.446. The Balaban J connectivity index is 1.94. The minimum absolute atomic E-state index is 0.0430. The third kappa shape index (κ3) is 3.83. The van der Waals surface area contributed by atoms with Crippen molar-refractivity contribution in [2.75, 3.05) is 11.9 Å². The van der Waals surface area contributed by atoms with Gasteiger partial charge in [0.05, 0.1) is 0 Å². The van der Waals surface area contributed by atoms with Crippen LogP contribution in [-0.2, 0) is 4.79 Å². The fourth-order valence-corrected chi connectivity index (χ4v) is 1.85. The molecule has 0 heterocycles. The second kappa shape index (κ2) is 6.73. The van der Waals surface area contributed by atoms with Crippen molar-refractivity contribution in [3.05, 3.63) is 60.2 Å². The van der Waals surface area contributed by atoms with Gasteiger partial charge in [-0.3, -0.25) is 4.79 Å². The van der Waals surface area contributed by atoms with Gasteiger partial charge < -0.3 is 15.8 Å². The molecule has 0 saturated heterocycles. The Labute approximate surface area is 118 Å². The number of hydrogen-bond donors (Lipinski definition) is 2. The van der Waals surface area contributed by atoms with E-state index >= 15 is 0 Å². The van der Waals surface area contributed by atoms with Crippen molar-refractivity contribution < 1.29 is 9.53 Å². The number of rotatable bonds is 5. The maximum absolute atomic E-state index is 11.8. The first-order chi connectivity index (χ1) is 9.66. The smallest absolute Gasteiger partial charge is 0.262 e. The second-order valence-corrected chi connectivity index (χ2v) is 4.53. The second-order valence-electron chi connectivity index (χ2n) is 4.53. The molecule has 20 heavy (non-hydrogen) atoms. The zero-order valence-electron chi connectivity index (χ0n) is 11.4. The molecule has 0 radical (unpaired) electrons. The van der Waals surface area contributed by atoms with Crippen LogP contribution in [0, 0.1) is 0 Å². The van der Waals surface area contributed by atoms with Gasteiger partial charge in [0.15, 0.2) is 6.61 Å². The highest BCUT2D eigenvalue weighted by Gasteiger charge is 2.09.